The molecule has 1 atom stereocenters. The van der Waals surface area contributed by atoms with Crippen molar-refractivity contribution >= 4 is 28.6 Å². The van der Waals surface area contributed by atoms with Crippen LogP contribution < -0.4 is 10.1 Å². The SMILES string of the molecule is C#Cc1cnc2cc(F)c(OC(SC)C(=O)NC(C)(C)C#CCC)cc2c1. The highest BCUT2D eigenvalue weighted by Gasteiger charge is 2.26. The van der Waals surface area contributed by atoms with Gasteiger partial charge in [-0.25, -0.2) is 4.39 Å². The highest BCUT2D eigenvalue weighted by Crippen LogP contribution is 2.27. The van der Waals surface area contributed by atoms with Gasteiger partial charge in [0.1, 0.15) is 0 Å². The van der Waals surface area contributed by atoms with Crippen LogP contribution in [0.25, 0.3) is 10.9 Å². The Kier molecular flexibility index (Phi) is 6.71. The summed E-state index contributed by atoms with van der Waals surface area (Å²) in [5.74, 6) is 7.40. The summed E-state index contributed by atoms with van der Waals surface area (Å²) in [6.45, 7) is 5.53. The second-order valence-electron chi connectivity index (χ2n) is 6.30. The van der Waals surface area contributed by atoms with Crippen molar-refractivity contribution in [1.29, 1.82) is 0 Å². The number of nitrogens with zero attached hydrogens (tertiary/aromatic N) is 1. The zero-order valence-electron chi connectivity index (χ0n) is 15.7. The van der Waals surface area contributed by atoms with Crippen LogP contribution in [0.5, 0.6) is 5.75 Å². The minimum atomic E-state index is -0.927. The van der Waals surface area contributed by atoms with Gasteiger partial charge in [0.05, 0.1) is 11.1 Å². The van der Waals surface area contributed by atoms with E-state index in [2.05, 4.69) is 28.1 Å². The van der Waals surface area contributed by atoms with E-state index < -0.39 is 16.8 Å². The first-order chi connectivity index (χ1) is 12.8. The molecule has 1 heterocycles. The number of rotatable bonds is 5. The molecule has 1 unspecified atom stereocenters. The van der Waals surface area contributed by atoms with E-state index in [0.29, 0.717) is 22.9 Å². The number of halogens is 1. The zero-order valence-corrected chi connectivity index (χ0v) is 16.5. The molecular weight excluding hydrogens is 363 g/mol. The van der Waals surface area contributed by atoms with Crippen LogP contribution in [0.3, 0.4) is 0 Å². The molecule has 140 valence electrons. The lowest BCUT2D eigenvalue weighted by Gasteiger charge is -2.24. The number of carbonyl (C=O) groups excluding carboxylic acids is 1. The lowest BCUT2D eigenvalue weighted by atomic mass is 10.1. The van der Waals surface area contributed by atoms with Crippen molar-refractivity contribution in [1.82, 2.24) is 10.3 Å². The lowest BCUT2D eigenvalue weighted by molar-refractivity contribution is -0.125. The van der Waals surface area contributed by atoms with Crippen molar-refractivity contribution in [3.05, 3.63) is 35.8 Å². The number of ether oxygens (including phenoxy) is 1. The highest BCUT2D eigenvalue weighted by atomic mass is 32.2. The second-order valence-corrected chi connectivity index (χ2v) is 7.20. The number of terminal acetylenes is 1. The quantitative estimate of drug-likeness (QED) is 0.630. The summed E-state index contributed by atoms with van der Waals surface area (Å²) >= 11 is 1.16. The van der Waals surface area contributed by atoms with Gasteiger partial charge in [0.15, 0.2) is 11.6 Å². The molecule has 2 aromatic rings. The Morgan fingerprint density at radius 1 is 1.44 bits per heavy atom. The summed E-state index contributed by atoms with van der Waals surface area (Å²) < 4.78 is 20.0. The maximum Gasteiger partial charge on any atom is 0.272 e. The molecule has 2 rings (SSSR count). The Labute approximate surface area is 163 Å². The lowest BCUT2D eigenvalue weighted by Crippen LogP contribution is -2.47. The van der Waals surface area contributed by atoms with Crippen molar-refractivity contribution < 1.29 is 13.9 Å². The number of amides is 1. The van der Waals surface area contributed by atoms with Gasteiger partial charge in [-0.05, 0) is 32.2 Å². The molecule has 0 aliphatic rings. The first-order valence-corrected chi connectivity index (χ1v) is 9.66. The molecule has 0 saturated heterocycles. The first kappa shape index (κ1) is 20.6. The monoisotopic (exact) mass is 384 g/mol. The third-order valence-electron chi connectivity index (χ3n) is 3.58. The maximum absolute atomic E-state index is 14.4. The molecule has 0 aliphatic heterocycles. The first-order valence-electron chi connectivity index (χ1n) is 8.37. The van der Waals surface area contributed by atoms with E-state index >= 15 is 0 Å². The van der Waals surface area contributed by atoms with Crippen LogP contribution in [-0.2, 0) is 4.79 Å². The molecule has 1 aromatic carbocycles. The summed E-state index contributed by atoms with van der Waals surface area (Å²) in [5, 5.41) is 3.45. The van der Waals surface area contributed by atoms with E-state index in [1.54, 1.807) is 26.2 Å². The van der Waals surface area contributed by atoms with E-state index in [0.717, 1.165) is 11.8 Å². The zero-order chi connectivity index (χ0) is 20.0. The van der Waals surface area contributed by atoms with Gasteiger partial charge in [0.2, 0.25) is 5.44 Å². The Hall–Kier alpha value is -2.70. The van der Waals surface area contributed by atoms with Gasteiger partial charge in [0.25, 0.3) is 5.91 Å². The number of hydrogen-bond acceptors (Lipinski definition) is 4. The molecule has 4 nitrogen and oxygen atoms in total. The number of pyridine rings is 1. The molecule has 1 N–H and O–H groups in total. The molecule has 1 aromatic heterocycles. The van der Waals surface area contributed by atoms with Gasteiger partial charge in [-0.3, -0.25) is 9.78 Å². The Morgan fingerprint density at radius 3 is 2.81 bits per heavy atom. The van der Waals surface area contributed by atoms with Crippen molar-refractivity contribution in [2.45, 2.75) is 38.2 Å². The van der Waals surface area contributed by atoms with E-state index in [9.17, 15) is 9.18 Å². The average molecular weight is 384 g/mol. The third kappa shape index (κ3) is 5.39. The van der Waals surface area contributed by atoms with Gasteiger partial charge in [0, 0.05) is 29.6 Å². The molecule has 0 bridgehead atoms. The van der Waals surface area contributed by atoms with Crippen molar-refractivity contribution in [3.8, 4) is 29.9 Å². The summed E-state index contributed by atoms with van der Waals surface area (Å²) in [4.78, 5) is 16.7. The summed E-state index contributed by atoms with van der Waals surface area (Å²) in [7, 11) is 0. The maximum atomic E-state index is 14.4. The van der Waals surface area contributed by atoms with Crippen LogP contribution in [0.15, 0.2) is 24.4 Å². The minimum Gasteiger partial charge on any atom is -0.467 e. The Bertz CT molecular complexity index is 954. The molecule has 0 fully saturated rings. The van der Waals surface area contributed by atoms with Crippen LogP contribution in [-0.4, -0.2) is 28.1 Å². The van der Waals surface area contributed by atoms with Crippen molar-refractivity contribution in [2.75, 3.05) is 6.26 Å². The van der Waals surface area contributed by atoms with Crippen LogP contribution in [0.4, 0.5) is 4.39 Å². The number of benzene rings is 1. The number of thioether (sulfide) groups is 1. The predicted molar refractivity (Wildman–Crippen MR) is 108 cm³/mol. The molecule has 0 spiro atoms. The average Bonchev–Trinajstić information content (AvgIpc) is 2.63. The summed E-state index contributed by atoms with van der Waals surface area (Å²) in [5.41, 5.74) is -0.600. The van der Waals surface area contributed by atoms with Crippen LogP contribution in [0, 0.1) is 30.0 Å². The van der Waals surface area contributed by atoms with Gasteiger partial charge in [-0.2, -0.15) is 0 Å². The Balaban J connectivity index is 2.26. The smallest absolute Gasteiger partial charge is 0.272 e. The van der Waals surface area contributed by atoms with Crippen LogP contribution in [0.1, 0.15) is 32.8 Å². The summed E-state index contributed by atoms with van der Waals surface area (Å²) in [6.07, 6.45) is 9.29. The number of fused-ring (bicyclic) bond motifs is 1. The molecule has 6 heteroatoms. The fourth-order valence-corrected chi connectivity index (χ4v) is 2.80. The molecule has 0 radical (unpaired) electrons. The van der Waals surface area contributed by atoms with Gasteiger partial charge < -0.3 is 10.1 Å². The standard InChI is InChI=1S/C21H21FN2O2S/c1-6-8-9-21(3,4)24-19(25)20(27-5)26-18-11-15-10-14(7-2)13-23-17(15)12-16(18)22/h2,10-13,20H,6H2,1,3-5H3,(H,24,25). The van der Waals surface area contributed by atoms with Gasteiger partial charge in [-0.1, -0.05) is 18.8 Å². The molecular formula is C21H21FN2O2S. The fraction of sp³-hybridized carbons (Fsp3) is 0.333. The number of hydrogen-bond donors (Lipinski definition) is 1. The topological polar surface area (TPSA) is 51.2 Å². The van der Waals surface area contributed by atoms with Gasteiger partial charge >= 0.3 is 0 Å². The number of carbonyl (C=O) groups is 1. The number of aromatic nitrogens is 1. The van der Waals surface area contributed by atoms with Crippen molar-refractivity contribution in [2.24, 2.45) is 0 Å². The van der Waals surface area contributed by atoms with Gasteiger partial charge in [-0.15, -0.1) is 24.1 Å². The Morgan fingerprint density at radius 2 is 2.19 bits per heavy atom. The number of nitrogens with one attached hydrogen (secondary N) is 1. The van der Waals surface area contributed by atoms with Crippen LogP contribution in [0.2, 0.25) is 0 Å². The minimum absolute atomic E-state index is 0.0366. The molecule has 0 saturated carbocycles. The molecule has 27 heavy (non-hydrogen) atoms. The predicted octanol–water partition coefficient (Wildman–Crippen LogP) is 3.73. The molecule has 1 amide bonds. The van der Waals surface area contributed by atoms with Crippen LogP contribution >= 0.6 is 11.8 Å². The van der Waals surface area contributed by atoms with E-state index in [-0.39, 0.29) is 11.7 Å². The fourth-order valence-electron chi connectivity index (χ4n) is 2.33. The van der Waals surface area contributed by atoms with E-state index in [4.69, 9.17) is 11.2 Å². The van der Waals surface area contributed by atoms with E-state index in [1.807, 2.05) is 6.92 Å². The normalized spacial score (nSPS) is 11.9. The molecule has 0 aliphatic carbocycles. The highest BCUT2D eigenvalue weighted by molar-refractivity contribution is 7.99. The van der Waals surface area contributed by atoms with Crippen molar-refractivity contribution in [3.63, 3.8) is 0 Å². The third-order valence-corrected chi connectivity index (χ3v) is 4.32. The second kappa shape index (κ2) is 8.79. The largest absolute Gasteiger partial charge is 0.467 e. The van der Waals surface area contributed by atoms with E-state index in [1.165, 1.54) is 18.3 Å². The summed E-state index contributed by atoms with van der Waals surface area (Å²) in [6, 6.07) is 4.47.